The fourth-order valence-electron chi connectivity index (χ4n) is 11.1. The molecule has 0 N–H and O–H groups in total. The van der Waals surface area contributed by atoms with Crippen molar-refractivity contribution < 1.29 is 13.3 Å². The topological polar surface area (TPSA) is 45.9 Å². The number of anilines is 6. The average molecular weight is 923 g/mol. The van der Waals surface area contributed by atoms with Gasteiger partial charge in [-0.25, -0.2) is 0 Å². The van der Waals surface area contributed by atoms with E-state index in [1.807, 2.05) is 0 Å². The normalized spacial score (nSPS) is 12.5. The van der Waals surface area contributed by atoms with Crippen LogP contribution in [-0.2, 0) is 10.8 Å². The van der Waals surface area contributed by atoms with Crippen LogP contribution in [-0.4, -0.2) is 0 Å². The Morgan fingerprint density at radius 3 is 1.10 bits per heavy atom. The summed E-state index contributed by atoms with van der Waals surface area (Å²) in [5.74, 6) is 0. The lowest BCUT2D eigenvalue weighted by atomic mass is 9.86. The molecule has 5 nitrogen and oxygen atoms in total. The zero-order valence-corrected chi connectivity index (χ0v) is 41.4. The van der Waals surface area contributed by atoms with Crippen LogP contribution in [0.4, 0.5) is 34.1 Å². The fourth-order valence-corrected chi connectivity index (χ4v) is 11.1. The molecule has 0 aliphatic rings. The Morgan fingerprint density at radius 2 is 0.690 bits per heavy atom. The summed E-state index contributed by atoms with van der Waals surface area (Å²) in [6.07, 6.45) is 0. The Kier molecular flexibility index (Phi) is 9.41. The zero-order valence-electron chi connectivity index (χ0n) is 41.4. The lowest BCUT2D eigenvalue weighted by molar-refractivity contribution is 0.572. The van der Waals surface area contributed by atoms with Crippen molar-refractivity contribution in [1.29, 1.82) is 0 Å². The van der Waals surface area contributed by atoms with Crippen molar-refractivity contribution in [3.05, 3.63) is 204 Å². The second-order valence-corrected chi connectivity index (χ2v) is 21.5. The molecule has 5 heteroatoms. The number of para-hydroxylation sites is 6. The maximum atomic E-state index is 6.99. The summed E-state index contributed by atoms with van der Waals surface area (Å²) in [5.41, 5.74) is 16.2. The molecular weight excluding hydrogens is 869 g/mol. The largest absolute Gasteiger partial charge is 0.456 e. The molecule has 0 aliphatic heterocycles. The summed E-state index contributed by atoms with van der Waals surface area (Å²) >= 11 is 0. The summed E-state index contributed by atoms with van der Waals surface area (Å²) in [5, 5.41) is 11.1. The zero-order chi connectivity index (χ0) is 48.5. The van der Waals surface area contributed by atoms with Crippen molar-refractivity contribution in [2.45, 2.75) is 66.2 Å². The van der Waals surface area contributed by atoms with E-state index in [9.17, 15) is 0 Å². The van der Waals surface area contributed by atoms with E-state index in [2.05, 4.69) is 247 Å². The number of fused-ring (bicyclic) bond motifs is 11. The third kappa shape index (κ3) is 6.82. The second kappa shape index (κ2) is 15.6. The first kappa shape index (κ1) is 42.8. The van der Waals surface area contributed by atoms with E-state index in [4.69, 9.17) is 13.3 Å². The molecule has 346 valence electrons. The van der Waals surface area contributed by atoms with Gasteiger partial charge in [0.05, 0.1) is 11.4 Å². The number of benzene rings is 10. The first-order chi connectivity index (χ1) is 34.3. The second-order valence-electron chi connectivity index (χ2n) is 21.5. The van der Waals surface area contributed by atoms with E-state index in [1.165, 1.54) is 22.3 Å². The molecule has 0 radical (unpaired) electrons. The molecule has 10 aromatic carbocycles. The number of aryl methyl sites for hydroxylation is 2. The molecule has 0 atom stereocenters. The SMILES string of the molecule is Cc1ccccc1N(c1ccc2cc3oc4cc5ccc(N(c6ccccc6C)c6cccc7c6oc6c(C(C)(C)C)cccc67)cc5cc4c3cc2c1)c1cccc2c1oc1c(C(C)(C)C)cccc12. The van der Waals surface area contributed by atoms with Crippen molar-refractivity contribution in [1.82, 2.24) is 0 Å². The Labute approximate surface area is 413 Å². The molecule has 0 aliphatic carbocycles. The minimum absolute atomic E-state index is 0.0805. The fraction of sp³-hybridized carbons (Fsp3) is 0.152. The molecule has 71 heavy (non-hydrogen) atoms. The summed E-state index contributed by atoms with van der Waals surface area (Å²) in [6.45, 7) is 17.8. The molecule has 13 aromatic rings. The minimum atomic E-state index is -0.0805. The van der Waals surface area contributed by atoms with Crippen LogP contribution in [0.15, 0.2) is 195 Å². The van der Waals surface area contributed by atoms with Crippen molar-refractivity contribution >= 4 is 121 Å². The first-order valence-electron chi connectivity index (χ1n) is 24.7. The van der Waals surface area contributed by atoms with Gasteiger partial charge in [0.25, 0.3) is 0 Å². The van der Waals surface area contributed by atoms with Gasteiger partial charge in [-0.1, -0.05) is 151 Å². The van der Waals surface area contributed by atoms with Crippen LogP contribution in [0.2, 0.25) is 0 Å². The first-order valence-corrected chi connectivity index (χ1v) is 24.7. The highest BCUT2D eigenvalue weighted by Crippen LogP contribution is 2.48. The molecule has 0 spiro atoms. The molecule has 13 rings (SSSR count). The molecule has 3 aromatic heterocycles. The highest BCUT2D eigenvalue weighted by Gasteiger charge is 2.27. The summed E-state index contributed by atoms with van der Waals surface area (Å²) in [6, 6.07) is 65.8. The van der Waals surface area contributed by atoms with Gasteiger partial charge in [0.2, 0.25) is 0 Å². The molecule has 3 heterocycles. The van der Waals surface area contributed by atoms with Crippen molar-refractivity contribution in [2.24, 2.45) is 0 Å². The van der Waals surface area contributed by atoms with Crippen molar-refractivity contribution in [3.63, 3.8) is 0 Å². The molecular formula is C66H54N2O3. The van der Waals surface area contributed by atoms with E-state index >= 15 is 0 Å². The summed E-state index contributed by atoms with van der Waals surface area (Å²) in [7, 11) is 0. The quantitative estimate of drug-likeness (QED) is 0.166. The third-order valence-electron chi connectivity index (χ3n) is 14.7. The highest BCUT2D eigenvalue weighted by atomic mass is 16.3. The Morgan fingerprint density at radius 1 is 0.310 bits per heavy atom. The van der Waals surface area contributed by atoms with Crippen LogP contribution >= 0.6 is 0 Å². The summed E-state index contributed by atoms with van der Waals surface area (Å²) < 4.78 is 20.7. The monoisotopic (exact) mass is 922 g/mol. The molecule has 0 saturated carbocycles. The number of nitrogens with zero attached hydrogens (tertiary/aromatic N) is 2. The lowest BCUT2D eigenvalue weighted by Crippen LogP contribution is -2.11. The Balaban J connectivity index is 0.972. The van der Waals surface area contributed by atoms with Gasteiger partial charge in [-0.3, -0.25) is 0 Å². The molecule has 0 amide bonds. The number of hydrogen-bond acceptors (Lipinski definition) is 5. The van der Waals surface area contributed by atoms with Gasteiger partial charge in [-0.2, -0.15) is 0 Å². The van der Waals surface area contributed by atoms with Gasteiger partial charge in [0, 0.05) is 66.2 Å². The number of rotatable bonds is 6. The van der Waals surface area contributed by atoms with Gasteiger partial charge in [-0.15, -0.1) is 0 Å². The molecule has 0 saturated heterocycles. The van der Waals surface area contributed by atoms with Gasteiger partial charge < -0.3 is 23.1 Å². The lowest BCUT2D eigenvalue weighted by Gasteiger charge is -2.27. The van der Waals surface area contributed by atoms with E-state index in [0.717, 1.165) is 121 Å². The number of hydrogen-bond donors (Lipinski definition) is 0. The van der Waals surface area contributed by atoms with Gasteiger partial charge >= 0.3 is 0 Å². The van der Waals surface area contributed by atoms with Crippen LogP contribution in [0.1, 0.15) is 63.8 Å². The van der Waals surface area contributed by atoms with Gasteiger partial charge in [0.15, 0.2) is 11.2 Å². The van der Waals surface area contributed by atoms with E-state index in [1.54, 1.807) is 0 Å². The van der Waals surface area contributed by atoms with Crippen LogP contribution < -0.4 is 9.80 Å². The maximum Gasteiger partial charge on any atom is 0.159 e. The van der Waals surface area contributed by atoms with E-state index in [0.29, 0.717) is 0 Å². The maximum absolute atomic E-state index is 6.99. The molecule has 0 unspecified atom stereocenters. The predicted octanol–water partition coefficient (Wildman–Crippen LogP) is 19.8. The van der Waals surface area contributed by atoms with Gasteiger partial charge in [0.1, 0.15) is 22.3 Å². The van der Waals surface area contributed by atoms with Crippen molar-refractivity contribution in [3.8, 4) is 0 Å². The Hall–Kier alpha value is -8.28. The van der Waals surface area contributed by atoms with E-state index < -0.39 is 0 Å². The van der Waals surface area contributed by atoms with Gasteiger partial charge in [-0.05, 0) is 130 Å². The number of furan rings is 3. The predicted molar refractivity (Wildman–Crippen MR) is 300 cm³/mol. The molecule has 0 bridgehead atoms. The Bertz CT molecular complexity index is 4030. The molecule has 0 fully saturated rings. The minimum Gasteiger partial charge on any atom is -0.456 e. The summed E-state index contributed by atoms with van der Waals surface area (Å²) in [4.78, 5) is 4.72. The standard InChI is InChI=1S/C66H54N2O3/c1-39-17-9-11-25-55(39)67(57-27-15-21-49-47-19-13-23-53(65(3,4)5)61(47)70-63(49)57)45-31-29-41-37-59-51(35-43(41)33-45)52-36-44-34-46(32-30-42(44)38-60(52)69-59)68(56-26-12-10-18-40(56)2)58-28-16-22-50-48-20-14-24-54(66(6,7)8)62(48)71-64(50)58/h9-38H,1-8H3. The average Bonchev–Trinajstić information content (AvgIpc) is 4.05. The van der Waals surface area contributed by atoms with Crippen LogP contribution in [0.3, 0.4) is 0 Å². The van der Waals surface area contributed by atoms with Crippen LogP contribution in [0, 0.1) is 13.8 Å². The smallest absolute Gasteiger partial charge is 0.159 e. The third-order valence-corrected chi connectivity index (χ3v) is 14.7. The highest BCUT2D eigenvalue weighted by molar-refractivity contribution is 6.16. The van der Waals surface area contributed by atoms with E-state index in [-0.39, 0.29) is 10.8 Å². The van der Waals surface area contributed by atoms with Crippen LogP contribution in [0.5, 0.6) is 0 Å². The van der Waals surface area contributed by atoms with Crippen LogP contribution in [0.25, 0.3) is 87.4 Å². The van der Waals surface area contributed by atoms with Crippen molar-refractivity contribution in [2.75, 3.05) is 9.80 Å².